The van der Waals surface area contributed by atoms with E-state index in [-0.39, 0.29) is 11.4 Å². The van der Waals surface area contributed by atoms with Gasteiger partial charge in [0.2, 0.25) is 0 Å². The molecule has 0 saturated heterocycles. The highest BCUT2D eigenvalue weighted by atomic mass is 35.5. The summed E-state index contributed by atoms with van der Waals surface area (Å²) < 4.78 is 39.1. The number of nitrogens with zero attached hydrogens (tertiary/aromatic N) is 2. The molecular weight excluding hydrogens is 283 g/mol. The molecule has 0 atom stereocenters. The first-order valence-corrected chi connectivity index (χ1v) is 5.39. The molecule has 0 aliphatic heterocycles. The molecular formula is C11H7ClF3N3O. The Morgan fingerprint density at radius 1 is 1.37 bits per heavy atom. The fraction of sp³-hybridized carbons (Fsp3) is 0.0909. The molecule has 0 unspecified atom stereocenters. The maximum atomic E-state index is 12.7. The normalized spacial score (nSPS) is 11.6. The van der Waals surface area contributed by atoms with Gasteiger partial charge in [0, 0.05) is 18.0 Å². The van der Waals surface area contributed by atoms with Crippen LogP contribution in [0, 0.1) is 0 Å². The molecule has 0 saturated carbocycles. The lowest BCUT2D eigenvalue weighted by Crippen LogP contribution is -2.19. The number of imidazole rings is 1. The summed E-state index contributed by atoms with van der Waals surface area (Å²) in [5.74, 6) is 0.0228. The van der Waals surface area contributed by atoms with Crippen molar-refractivity contribution in [3.63, 3.8) is 0 Å². The molecule has 1 amide bonds. The van der Waals surface area contributed by atoms with Crippen molar-refractivity contribution >= 4 is 17.6 Å². The summed E-state index contributed by atoms with van der Waals surface area (Å²) in [5, 5.41) is -0.423. The Bertz CT molecular complexity index is 636. The summed E-state index contributed by atoms with van der Waals surface area (Å²) in [6.07, 6.45) is -2.06. The average molecular weight is 290 g/mol. The number of carbonyl (C=O) groups excluding carboxylic acids is 1. The van der Waals surface area contributed by atoms with E-state index in [1.807, 2.05) is 0 Å². The van der Waals surface area contributed by atoms with E-state index in [0.717, 1.165) is 16.7 Å². The van der Waals surface area contributed by atoms with Gasteiger partial charge in [-0.25, -0.2) is 9.78 Å². The van der Waals surface area contributed by atoms with Gasteiger partial charge >= 0.3 is 12.2 Å². The molecule has 2 aromatic rings. The van der Waals surface area contributed by atoms with Gasteiger partial charge in [-0.15, -0.1) is 0 Å². The monoisotopic (exact) mass is 289 g/mol. The number of carbonyl (C=O) groups is 1. The molecule has 0 fully saturated rings. The SMILES string of the molecule is NC(=O)n1ccnc1-c1ccc(Cl)c(C(F)(F)F)c1. The summed E-state index contributed by atoms with van der Waals surface area (Å²) in [4.78, 5) is 14.9. The van der Waals surface area contributed by atoms with Gasteiger partial charge in [-0.1, -0.05) is 11.6 Å². The number of halogens is 4. The number of amides is 1. The lowest BCUT2D eigenvalue weighted by molar-refractivity contribution is -0.137. The molecule has 100 valence electrons. The maximum Gasteiger partial charge on any atom is 0.417 e. The third kappa shape index (κ3) is 2.55. The molecule has 0 aliphatic rings. The van der Waals surface area contributed by atoms with Crippen LogP contribution >= 0.6 is 11.6 Å². The summed E-state index contributed by atoms with van der Waals surface area (Å²) in [6.45, 7) is 0. The van der Waals surface area contributed by atoms with Crippen LogP contribution in [-0.2, 0) is 6.18 Å². The number of nitrogens with two attached hydrogens (primary N) is 1. The predicted octanol–water partition coefficient (Wildman–Crippen LogP) is 3.15. The van der Waals surface area contributed by atoms with Gasteiger partial charge in [0.25, 0.3) is 0 Å². The highest BCUT2D eigenvalue weighted by Gasteiger charge is 2.33. The fourth-order valence-corrected chi connectivity index (χ4v) is 1.80. The van der Waals surface area contributed by atoms with Crippen LogP contribution in [0.15, 0.2) is 30.6 Å². The predicted molar refractivity (Wildman–Crippen MR) is 62.7 cm³/mol. The highest BCUT2D eigenvalue weighted by molar-refractivity contribution is 6.31. The van der Waals surface area contributed by atoms with Crippen molar-refractivity contribution < 1.29 is 18.0 Å². The van der Waals surface area contributed by atoms with Crippen molar-refractivity contribution in [2.45, 2.75) is 6.18 Å². The van der Waals surface area contributed by atoms with E-state index in [1.54, 1.807) is 0 Å². The summed E-state index contributed by atoms with van der Waals surface area (Å²) in [7, 11) is 0. The van der Waals surface area contributed by atoms with E-state index in [2.05, 4.69) is 4.98 Å². The van der Waals surface area contributed by atoms with Gasteiger partial charge in [-0.2, -0.15) is 13.2 Å². The molecule has 1 aromatic carbocycles. The molecule has 19 heavy (non-hydrogen) atoms. The second-order valence-electron chi connectivity index (χ2n) is 3.65. The van der Waals surface area contributed by atoms with Crippen molar-refractivity contribution in [3.05, 3.63) is 41.2 Å². The molecule has 2 N–H and O–H groups in total. The van der Waals surface area contributed by atoms with Crippen molar-refractivity contribution in [2.24, 2.45) is 5.73 Å². The maximum absolute atomic E-state index is 12.7. The molecule has 1 aromatic heterocycles. The summed E-state index contributed by atoms with van der Waals surface area (Å²) in [6, 6.07) is 2.42. The van der Waals surface area contributed by atoms with Crippen LogP contribution < -0.4 is 5.73 Å². The van der Waals surface area contributed by atoms with E-state index in [9.17, 15) is 18.0 Å². The van der Waals surface area contributed by atoms with Crippen LogP contribution in [0.3, 0.4) is 0 Å². The van der Waals surface area contributed by atoms with Crippen LogP contribution in [-0.4, -0.2) is 15.6 Å². The van der Waals surface area contributed by atoms with Gasteiger partial charge < -0.3 is 5.73 Å². The zero-order chi connectivity index (χ0) is 14.2. The Labute approximate surface area is 110 Å². The Kier molecular flexibility index (Phi) is 3.23. The summed E-state index contributed by atoms with van der Waals surface area (Å²) >= 11 is 5.51. The highest BCUT2D eigenvalue weighted by Crippen LogP contribution is 2.36. The van der Waals surface area contributed by atoms with Crippen LogP contribution in [0.25, 0.3) is 11.4 Å². The second-order valence-corrected chi connectivity index (χ2v) is 4.06. The quantitative estimate of drug-likeness (QED) is 0.876. The molecule has 8 heteroatoms. The smallest absolute Gasteiger partial charge is 0.351 e. The third-order valence-electron chi connectivity index (χ3n) is 2.41. The number of rotatable bonds is 1. The first kappa shape index (κ1) is 13.4. The van der Waals surface area contributed by atoms with Gasteiger partial charge in [0.15, 0.2) is 0 Å². The van der Waals surface area contributed by atoms with Crippen molar-refractivity contribution in [1.29, 1.82) is 0 Å². The number of primary amides is 1. The van der Waals surface area contributed by atoms with Crippen LogP contribution in [0.5, 0.6) is 0 Å². The topological polar surface area (TPSA) is 60.9 Å². The number of benzene rings is 1. The van der Waals surface area contributed by atoms with Crippen molar-refractivity contribution in [3.8, 4) is 11.4 Å². The summed E-state index contributed by atoms with van der Waals surface area (Å²) in [5.41, 5.74) is 4.19. The zero-order valence-corrected chi connectivity index (χ0v) is 10.0. The average Bonchev–Trinajstić information content (AvgIpc) is 2.77. The minimum Gasteiger partial charge on any atom is -0.351 e. The molecule has 1 heterocycles. The van der Waals surface area contributed by atoms with Gasteiger partial charge in [-0.05, 0) is 18.2 Å². The lowest BCUT2D eigenvalue weighted by atomic mass is 10.1. The van der Waals surface area contributed by atoms with Crippen LogP contribution in [0.4, 0.5) is 18.0 Å². The third-order valence-corrected chi connectivity index (χ3v) is 2.74. The largest absolute Gasteiger partial charge is 0.417 e. The molecule has 0 aliphatic carbocycles. The standard InChI is InChI=1S/C11H7ClF3N3O/c12-8-2-1-6(5-7(8)11(13,14)15)9-17-3-4-18(9)10(16)19/h1-5H,(H2,16,19). The molecule has 0 spiro atoms. The first-order chi connectivity index (χ1) is 8.80. The van der Waals surface area contributed by atoms with Crippen LogP contribution in [0.2, 0.25) is 5.02 Å². The Hall–Kier alpha value is -2.02. The van der Waals surface area contributed by atoms with E-state index < -0.39 is 22.8 Å². The number of alkyl halides is 3. The fourth-order valence-electron chi connectivity index (χ4n) is 1.58. The van der Waals surface area contributed by atoms with Gasteiger partial charge in [0.05, 0.1) is 10.6 Å². The molecule has 4 nitrogen and oxygen atoms in total. The van der Waals surface area contributed by atoms with Crippen molar-refractivity contribution in [2.75, 3.05) is 0 Å². The second kappa shape index (κ2) is 4.58. The number of hydrogen-bond donors (Lipinski definition) is 1. The minimum absolute atomic E-state index is 0.0228. The van der Waals surface area contributed by atoms with Gasteiger partial charge in [-0.3, -0.25) is 4.57 Å². The zero-order valence-electron chi connectivity index (χ0n) is 9.28. The van der Waals surface area contributed by atoms with E-state index in [0.29, 0.717) is 0 Å². The molecule has 0 bridgehead atoms. The Morgan fingerprint density at radius 3 is 2.63 bits per heavy atom. The van der Waals surface area contributed by atoms with Gasteiger partial charge in [0.1, 0.15) is 5.82 Å². The lowest BCUT2D eigenvalue weighted by Gasteiger charge is -2.11. The number of aromatic nitrogens is 2. The Balaban J connectivity index is 2.58. The van der Waals surface area contributed by atoms with E-state index in [4.69, 9.17) is 17.3 Å². The van der Waals surface area contributed by atoms with E-state index >= 15 is 0 Å². The number of hydrogen-bond acceptors (Lipinski definition) is 2. The minimum atomic E-state index is -4.59. The molecule has 0 radical (unpaired) electrons. The van der Waals surface area contributed by atoms with Crippen LogP contribution in [0.1, 0.15) is 5.56 Å². The van der Waals surface area contributed by atoms with E-state index in [1.165, 1.54) is 18.5 Å². The van der Waals surface area contributed by atoms with Crippen molar-refractivity contribution in [1.82, 2.24) is 9.55 Å². The Morgan fingerprint density at radius 2 is 2.05 bits per heavy atom. The molecule has 2 rings (SSSR count). The first-order valence-electron chi connectivity index (χ1n) is 5.01.